The fourth-order valence-corrected chi connectivity index (χ4v) is 4.13. The summed E-state index contributed by atoms with van der Waals surface area (Å²) in [6.07, 6.45) is 3.47. The lowest BCUT2D eigenvalue weighted by atomic mass is 10.0. The number of aromatic amines is 1. The summed E-state index contributed by atoms with van der Waals surface area (Å²) in [6, 6.07) is 22.4. The molecule has 5 aromatic rings. The fraction of sp³-hybridized carbons (Fsp3) is 0.0741. The monoisotopic (exact) mass is 464 g/mol. The molecule has 1 amide bonds. The number of H-pyrrole nitrogens is 1. The van der Waals surface area contributed by atoms with E-state index in [4.69, 9.17) is 21.2 Å². The van der Waals surface area contributed by atoms with Crippen molar-refractivity contribution < 1.29 is 9.53 Å². The second-order valence-electron chi connectivity index (χ2n) is 8.07. The molecule has 0 bridgehead atoms. The van der Waals surface area contributed by atoms with E-state index < -0.39 is 5.91 Å². The largest absolute Gasteiger partial charge is 0.497 e. The van der Waals surface area contributed by atoms with Crippen LogP contribution in [0.2, 0.25) is 0 Å². The number of ether oxygens (including phenoxy) is 1. The Morgan fingerprint density at radius 1 is 1.06 bits per heavy atom. The Balaban J connectivity index is 1.57. The third kappa shape index (κ3) is 4.37. The van der Waals surface area contributed by atoms with Gasteiger partial charge in [0.1, 0.15) is 23.4 Å². The number of hydrogen-bond acceptors (Lipinski definition) is 6. The first-order valence-electron chi connectivity index (χ1n) is 11.0. The quantitative estimate of drug-likeness (QED) is 0.280. The van der Waals surface area contributed by atoms with Crippen molar-refractivity contribution in [3.8, 4) is 17.0 Å². The summed E-state index contributed by atoms with van der Waals surface area (Å²) in [5, 5.41) is 5.44. The molecule has 6 N–H and O–H groups in total. The predicted octanol–water partition coefficient (Wildman–Crippen LogP) is 4.52. The number of carbonyl (C=O) groups is 1. The number of amides is 1. The van der Waals surface area contributed by atoms with Gasteiger partial charge >= 0.3 is 0 Å². The molecule has 0 aliphatic carbocycles. The van der Waals surface area contributed by atoms with Crippen LogP contribution in [-0.4, -0.2) is 28.0 Å². The van der Waals surface area contributed by atoms with Gasteiger partial charge in [0.25, 0.3) is 0 Å². The molecule has 2 heterocycles. The maximum atomic E-state index is 11.9. The normalized spacial score (nSPS) is 11.8. The molecular weight excluding hydrogens is 440 g/mol. The minimum absolute atomic E-state index is 0.337. The highest BCUT2D eigenvalue weighted by atomic mass is 16.5. The second kappa shape index (κ2) is 9.18. The van der Waals surface area contributed by atoms with Gasteiger partial charge in [0.05, 0.1) is 12.8 Å². The first kappa shape index (κ1) is 22.0. The van der Waals surface area contributed by atoms with E-state index in [0.717, 1.165) is 27.8 Å². The van der Waals surface area contributed by atoms with E-state index in [-0.39, 0.29) is 6.04 Å². The summed E-state index contributed by atoms with van der Waals surface area (Å²) >= 11 is 0. The zero-order valence-corrected chi connectivity index (χ0v) is 19.0. The number of carbonyl (C=O) groups excluding carboxylic acids is 1. The van der Waals surface area contributed by atoms with Gasteiger partial charge in [-0.25, -0.2) is 9.97 Å². The van der Waals surface area contributed by atoms with Gasteiger partial charge in [0.2, 0.25) is 5.91 Å². The molecule has 0 aliphatic heterocycles. The first-order chi connectivity index (χ1) is 17.0. The Morgan fingerprint density at radius 2 is 1.91 bits per heavy atom. The summed E-state index contributed by atoms with van der Waals surface area (Å²) in [5.41, 5.74) is 15.1. The number of nitrogens with one attached hydrogen (secondary N) is 2. The Morgan fingerprint density at radius 3 is 2.74 bits per heavy atom. The molecule has 35 heavy (non-hydrogen) atoms. The average molecular weight is 465 g/mol. The highest BCUT2D eigenvalue weighted by Crippen LogP contribution is 2.31. The molecule has 1 atom stereocenters. The van der Waals surface area contributed by atoms with Crippen LogP contribution in [-0.2, 0) is 0 Å². The van der Waals surface area contributed by atoms with Crippen LogP contribution in [0.5, 0.6) is 5.75 Å². The molecule has 0 saturated heterocycles. The maximum absolute atomic E-state index is 11.9. The number of hydrogen-bond donors (Lipinski definition) is 4. The zero-order chi connectivity index (χ0) is 24.4. The Bertz CT molecular complexity index is 1530. The Hall–Kier alpha value is -4.85. The first-order valence-corrected chi connectivity index (χ1v) is 11.0. The molecule has 0 fully saturated rings. The van der Waals surface area contributed by atoms with Crippen molar-refractivity contribution in [3.63, 3.8) is 0 Å². The summed E-state index contributed by atoms with van der Waals surface area (Å²) < 4.78 is 5.45. The minimum Gasteiger partial charge on any atom is -0.497 e. The Labute approximate surface area is 202 Å². The van der Waals surface area contributed by atoms with Gasteiger partial charge in [-0.1, -0.05) is 30.3 Å². The van der Waals surface area contributed by atoms with E-state index in [1.54, 1.807) is 31.6 Å². The number of imidazole rings is 1. The molecule has 8 nitrogen and oxygen atoms in total. The lowest BCUT2D eigenvalue weighted by Gasteiger charge is -2.20. The molecule has 2 aromatic heterocycles. The SMILES string of the molecule is COc1cccc(C(Nc2ccc3c(N)nccc3c2)c2nc(-c3ccccc3C(N)=O)c[nH]2)c1. The van der Waals surface area contributed by atoms with Crippen molar-refractivity contribution in [2.45, 2.75) is 6.04 Å². The molecule has 174 valence electrons. The van der Waals surface area contributed by atoms with Crippen molar-refractivity contribution in [3.05, 3.63) is 102 Å². The minimum atomic E-state index is -0.502. The Kier molecular flexibility index (Phi) is 5.76. The summed E-state index contributed by atoms with van der Waals surface area (Å²) in [4.78, 5) is 24.2. The van der Waals surface area contributed by atoms with E-state index in [9.17, 15) is 4.79 Å². The van der Waals surface area contributed by atoms with Gasteiger partial charge in [0.15, 0.2) is 0 Å². The lowest BCUT2D eigenvalue weighted by molar-refractivity contribution is 0.100. The zero-order valence-electron chi connectivity index (χ0n) is 19.0. The van der Waals surface area contributed by atoms with Crippen LogP contribution in [0.3, 0.4) is 0 Å². The number of nitrogen functional groups attached to an aromatic ring is 1. The standard InChI is InChI=1S/C27H24N6O2/c1-35-19-6-4-5-17(14-19)24(32-18-9-10-20-16(13-18)11-12-30-25(20)28)27-31-15-23(33-27)21-7-2-3-8-22(21)26(29)34/h2-15,24,32H,1H3,(H2,28,30)(H2,29,34)(H,31,33). The number of fused-ring (bicyclic) bond motifs is 1. The summed E-state index contributed by atoms with van der Waals surface area (Å²) in [6.45, 7) is 0. The third-order valence-corrected chi connectivity index (χ3v) is 5.87. The molecule has 8 heteroatoms. The van der Waals surface area contributed by atoms with Crippen LogP contribution in [0.4, 0.5) is 11.5 Å². The molecule has 0 spiro atoms. The topological polar surface area (TPSA) is 132 Å². The van der Waals surface area contributed by atoms with Crippen molar-refractivity contribution >= 4 is 28.2 Å². The van der Waals surface area contributed by atoms with Gasteiger partial charge in [-0.05, 0) is 53.4 Å². The van der Waals surface area contributed by atoms with E-state index in [2.05, 4.69) is 15.3 Å². The molecule has 3 aromatic carbocycles. The van der Waals surface area contributed by atoms with Crippen molar-refractivity contribution in [2.75, 3.05) is 18.2 Å². The van der Waals surface area contributed by atoms with Gasteiger partial charge < -0.3 is 26.5 Å². The van der Waals surface area contributed by atoms with Crippen molar-refractivity contribution in [1.29, 1.82) is 0 Å². The highest BCUT2D eigenvalue weighted by Gasteiger charge is 2.20. The molecular formula is C27H24N6O2. The average Bonchev–Trinajstić information content (AvgIpc) is 3.37. The molecule has 5 rings (SSSR count). The second-order valence-corrected chi connectivity index (χ2v) is 8.07. The molecule has 1 unspecified atom stereocenters. The smallest absolute Gasteiger partial charge is 0.249 e. The summed E-state index contributed by atoms with van der Waals surface area (Å²) in [7, 11) is 1.63. The third-order valence-electron chi connectivity index (χ3n) is 5.87. The number of rotatable bonds is 7. The number of benzene rings is 3. The van der Waals surface area contributed by atoms with Crippen LogP contribution in [0.1, 0.15) is 27.8 Å². The van der Waals surface area contributed by atoms with E-state index in [1.807, 2.05) is 60.7 Å². The number of nitrogens with two attached hydrogens (primary N) is 2. The number of methoxy groups -OCH3 is 1. The maximum Gasteiger partial charge on any atom is 0.249 e. The molecule has 0 saturated carbocycles. The van der Waals surface area contributed by atoms with E-state index in [1.165, 1.54) is 0 Å². The number of anilines is 2. The number of primary amides is 1. The molecule has 0 radical (unpaired) electrons. The molecule has 0 aliphatic rings. The number of aromatic nitrogens is 3. The predicted molar refractivity (Wildman–Crippen MR) is 137 cm³/mol. The van der Waals surface area contributed by atoms with Crippen molar-refractivity contribution in [1.82, 2.24) is 15.0 Å². The fourth-order valence-electron chi connectivity index (χ4n) is 4.13. The van der Waals surface area contributed by atoms with Crippen molar-refractivity contribution in [2.24, 2.45) is 5.73 Å². The highest BCUT2D eigenvalue weighted by molar-refractivity contribution is 5.99. The van der Waals surface area contributed by atoms with Crippen LogP contribution in [0, 0.1) is 0 Å². The van der Waals surface area contributed by atoms with Crippen LogP contribution >= 0.6 is 0 Å². The van der Waals surface area contributed by atoms with Gasteiger partial charge in [0, 0.05) is 34.6 Å². The van der Waals surface area contributed by atoms with E-state index in [0.29, 0.717) is 28.5 Å². The van der Waals surface area contributed by atoms with Gasteiger partial charge in [-0.3, -0.25) is 4.79 Å². The number of pyridine rings is 1. The number of nitrogens with zero attached hydrogens (tertiary/aromatic N) is 2. The van der Waals surface area contributed by atoms with Gasteiger partial charge in [-0.15, -0.1) is 0 Å². The lowest BCUT2D eigenvalue weighted by Crippen LogP contribution is -2.14. The van der Waals surface area contributed by atoms with Crippen LogP contribution in [0.15, 0.2) is 85.2 Å². The van der Waals surface area contributed by atoms with E-state index >= 15 is 0 Å². The van der Waals surface area contributed by atoms with Gasteiger partial charge in [-0.2, -0.15) is 0 Å². The van der Waals surface area contributed by atoms with Crippen LogP contribution < -0.4 is 21.5 Å². The van der Waals surface area contributed by atoms with Crippen LogP contribution in [0.25, 0.3) is 22.0 Å². The summed E-state index contributed by atoms with van der Waals surface area (Å²) in [5.74, 6) is 1.39.